The van der Waals surface area contributed by atoms with Crippen LogP contribution in [0.4, 0.5) is 0 Å². The molecule has 2 rings (SSSR count). The Kier molecular flexibility index (Phi) is 18.0. The van der Waals surface area contributed by atoms with E-state index in [1.54, 1.807) is 0 Å². The quantitative estimate of drug-likeness (QED) is 0.232. The summed E-state index contributed by atoms with van der Waals surface area (Å²) in [6.45, 7) is 4.04. The van der Waals surface area contributed by atoms with Crippen molar-refractivity contribution in [3.05, 3.63) is 71.8 Å². The molecule has 0 radical (unpaired) electrons. The van der Waals surface area contributed by atoms with E-state index in [1.165, 1.54) is 11.1 Å². The number of aliphatic hydroxyl groups is 2. The minimum absolute atomic E-state index is 0.266. The molecule has 0 aliphatic carbocycles. The summed E-state index contributed by atoms with van der Waals surface area (Å²) < 4.78 is 31.6. The van der Waals surface area contributed by atoms with Gasteiger partial charge >= 0.3 is 22.3 Å². The van der Waals surface area contributed by atoms with Gasteiger partial charge in [-0.15, -0.1) is 0 Å². The van der Waals surface area contributed by atoms with Gasteiger partial charge in [-0.3, -0.25) is 9.11 Å². The molecular formula is C22H34N2O10S. The van der Waals surface area contributed by atoms with Crippen LogP contribution in [0, 0.1) is 0 Å². The fraction of sp³-hybridized carbons (Fsp3) is 0.364. The van der Waals surface area contributed by atoms with Crippen molar-refractivity contribution in [2.24, 2.45) is 11.5 Å². The molecule has 0 saturated carbocycles. The molecule has 0 amide bonds. The number of aliphatic hydroxyl groups excluding tert-OH is 2. The molecule has 0 fully saturated rings. The highest BCUT2D eigenvalue weighted by Crippen LogP contribution is 2.01. The molecule has 2 aromatic rings. The van der Waals surface area contributed by atoms with E-state index in [0.29, 0.717) is 0 Å². The van der Waals surface area contributed by atoms with Crippen LogP contribution >= 0.6 is 0 Å². The Bertz CT molecular complexity index is 868. The Labute approximate surface area is 204 Å². The fourth-order valence-electron chi connectivity index (χ4n) is 2.24. The van der Waals surface area contributed by atoms with Crippen molar-refractivity contribution in [2.75, 3.05) is 0 Å². The van der Waals surface area contributed by atoms with Crippen LogP contribution in [0.5, 0.6) is 0 Å². The lowest BCUT2D eigenvalue weighted by Crippen LogP contribution is -2.39. The Morgan fingerprint density at radius 3 is 1.11 bits per heavy atom. The molecule has 0 bridgehead atoms. The Balaban J connectivity index is 0. The summed E-state index contributed by atoms with van der Waals surface area (Å²) in [5.41, 5.74) is 13.9. The maximum absolute atomic E-state index is 9.77. The standard InChI is InChI=1S/2C9H13N.C4H6O6.H2O4S/c2*1-8(10)7-9-5-3-2-4-6-9;5-1(3(7)8)2(6)4(9)10;1-5(2,3)4/h2*2-6,8H,7,10H2,1H3;1-2,5-6H,(H,7,8)(H,9,10);(H2,1,2,3,4)/t2*8-;;/m00../s1. The van der Waals surface area contributed by atoms with Gasteiger partial charge in [0.1, 0.15) is 0 Å². The second-order valence-electron chi connectivity index (χ2n) is 7.35. The first kappa shape index (κ1) is 34.3. The van der Waals surface area contributed by atoms with E-state index in [1.807, 2.05) is 50.2 Å². The van der Waals surface area contributed by atoms with E-state index < -0.39 is 34.5 Å². The molecule has 0 spiro atoms. The minimum Gasteiger partial charge on any atom is -0.479 e. The third-order valence-corrected chi connectivity index (χ3v) is 3.61. The molecule has 2 unspecified atom stereocenters. The molecule has 198 valence electrons. The minimum atomic E-state index is -4.67. The zero-order valence-corrected chi connectivity index (χ0v) is 20.2. The van der Waals surface area contributed by atoms with Crippen LogP contribution in [0.1, 0.15) is 25.0 Å². The lowest BCUT2D eigenvalue weighted by Gasteiger charge is -2.07. The fourth-order valence-corrected chi connectivity index (χ4v) is 2.24. The molecule has 0 aliphatic heterocycles. The number of aliphatic carboxylic acids is 2. The molecule has 35 heavy (non-hydrogen) atoms. The number of hydrogen-bond acceptors (Lipinski definition) is 8. The molecule has 10 N–H and O–H groups in total. The zero-order chi connectivity index (χ0) is 27.6. The van der Waals surface area contributed by atoms with Crippen LogP contribution in [0.2, 0.25) is 0 Å². The van der Waals surface area contributed by atoms with E-state index in [0.717, 1.165) is 12.8 Å². The van der Waals surface area contributed by atoms with E-state index in [2.05, 4.69) is 24.3 Å². The summed E-state index contributed by atoms with van der Waals surface area (Å²) in [7, 11) is -4.67. The van der Waals surface area contributed by atoms with E-state index >= 15 is 0 Å². The largest absolute Gasteiger partial charge is 0.479 e. The normalized spacial score (nSPS) is 13.6. The first-order valence-electron chi connectivity index (χ1n) is 10.1. The molecule has 4 atom stereocenters. The maximum Gasteiger partial charge on any atom is 0.394 e. The van der Waals surface area contributed by atoms with Crippen LogP contribution in [-0.2, 0) is 32.8 Å². The van der Waals surface area contributed by atoms with Gasteiger partial charge in [0.15, 0.2) is 12.2 Å². The molecule has 0 heterocycles. The topological polar surface area (TPSA) is 242 Å². The van der Waals surface area contributed by atoms with E-state index in [4.69, 9.17) is 49.4 Å². The molecule has 2 aromatic carbocycles. The third kappa shape index (κ3) is 24.0. The summed E-state index contributed by atoms with van der Waals surface area (Å²) in [4.78, 5) is 19.5. The number of rotatable bonds is 7. The van der Waals surface area contributed by atoms with Gasteiger partial charge in [-0.1, -0.05) is 60.7 Å². The number of carboxylic acid groups (broad SMARTS) is 2. The number of nitrogens with two attached hydrogens (primary N) is 2. The molecule has 0 saturated heterocycles. The van der Waals surface area contributed by atoms with Crippen molar-refractivity contribution in [1.29, 1.82) is 0 Å². The van der Waals surface area contributed by atoms with E-state index in [-0.39, 0.29) is 12.1 Å². The van der Waals surface area contributed by atoms with E-state index in [9.17, 15) is 9.59 Å². The van der Waals surface area contributed by atoms with Crippen LogP contribution in [0.15, 0.2) is 60.7 Å². The van der Waals surface area contributed by atoms with Crippen LogP contribution in [-0.4, -0.2) is 74.2 Å². The predicted molar refractivity (Wildman–Crippen MR) is 129 cm³/mol. The lowest BCUT2D eigenvalue weighted by molar-refractivity contribution is -0.165. The van der Waals surface area contributed by atoms with Crippen molar-refractivity contribution in [3.8, 4) is 0 Å². The SMILES string of the molecule is C[C@H](N)Cc1ccccc1.C[C@H](N)Cc1ccccc1.O=C(O)C(O)C(O)C(=O)O.O=S(=O)(O)O. The van der Waals surface area contributed by atoms with Gasteiger partial charge < -0.3 is 31.9 Å². The van der Waals surface area contributed by atoms with Crippen molar-refractivity contribution in [3.63, 3.8) is 0 Å². The summed E-state index contributed by atoms with van der Waals surface area (Å²) >= 11 is 0. The highest BCUT2D eigenvalue weighted by atomic mass is 32.3. The Morgan fingerprint density at radius 2 is 0.943 bits per heavy atom. The average molecular weight is 519 g/mol. The molecule has 12 nitrogen and oxygen atoms in total. The van der Waals surface area contributed by atoms with Crippen molar-refractivity contribution < 1.29 is 47.5 Å². The monoisotopic (exact) mass is 518 g/mol. The zero-order valence-electron chi connectivity index (χ0n) is 19.4. The second-order valence-corrected chi connectivity index (χ2v) is 8.24. The molecule has 0 aliphatic rings. The van der Waals surface area contributed by atoms with Crippen molar-refractivity contribution >= 4 is 22.3 Å². The van der Waals surface area contributed by atoms with Crippen LogP contribution in [0.3, 0.4) is 0 Å². The van der Waals surface area contributed by atoms with Gasteiger partial charge in [-0.05, 0) is 37.8 Å². The smallest absolute Gasteiger partial charge is 0.394 e. The number of hydrogen-bond donors (Lipinski definition) is 8. The van der Waals surface area contributed by atoms with Crippen LogP contribution in [0.25, 0.3) is 0 Å². The molecule has 0 aromatic heterocycles. The molecule has 13 heteroatoms. The Morgan fingerprint density at radius 1 is 0.714 bits per heavy atom. The lowest BCUT2D eigenvalue weighted by atomic mass is 10.1. The van der Waals surface area contributed by atoms with Gasteiger partial charge in [-0.25, -0.2) is 9.59 Å². The number of carboxylic acids is 2. The van der Waals surface area contributed by atoms with Gasteiger partial charge in [0, 0.05) is 12.1 Å². The number of carbonyl (C=O) groups is 2. The second kappa shape index (κ2) is 18.4. The predicted octanol–water partition coefficient (Wildman–Crippen LogP) is 0.377. The van der Waals surface area contributed by atoms with Gasteiger partial charge in [0.2, 0.25) is 0 Å². The Hall–Kier alpha value is -2.91. The average Bonchev–Trinajstić information content (AvgIpc) is 2.73. The summed E-state index contributed by atoms with van der Waals surface area (Å²) in [6, 6.07) is 21.1. The van der Waals surface area contributed by atoms with Crippen LogP contribution < -0.4 is 11.5 Å². The first-order valence-corrected chi connectivity index (χ1v) is 11.5. The van der Waals surface area contributed by atoms with Gasteiger partial charge in [-0.2, -0.15) is 8.42 Å². The maximum atomic E-state index is 9.77. The van der Waals surface area contributed by atoms with Gasteiger partial charge in [0.05, 0.1) is 0 Å². The summed E-state index contributed by atoms with van der Waals surface area (Å²) in [5.74, 6) is -3.54. The molecular weight excluding hydrogens is 484 g/mol. The highest BCUT2D eigenvalue weighted by Gasteiger charge is 2.29. The summed E-state index contributed by atoms with van der Waals surface area (Å²) in [6.07, 6.45) is -2.59. The van der Waals surface area contributed by atoms with Crippen molar-refractivity contribution in [2.45, 2.75) is 51.0 Å². The third-order valence-electron chi connectivity index (χ3n) is 3.61. The first-order chi connectivity index (χ1) is 16.0. The number of benzene rings is 2. The highest BCUT2D eigenvalue weighted by molar-refractivity contribution is 7.79. The van der Waals surface area contributed by atoms with Crippen molar-refractivity contribution in [1.82, 2.24) is 0 Å². The summed E-state index contributed by atoms with van der Waals surface area (Å²) in [5, 5.41) is 32.5. The van der Waals surface area contributed by atoms with Gasteiger partial charge in [0.25, 0.3) is 0 Å².